The molecule has 0 aromatic carbocycles. The lowest BCUT2D eigenvalue weighted by Crippen LogP contribution is -2.44. The summed E-state index contributed by atoms with van der Waals surface area (Å²) >= 11 is 0. The molecule has 1 aliphatic carbocycles. The lowest BCUT2D eigenvalue weighted by molar-refractivity contribution is -0.150. The maximum absolute atomic E-state index is 10.9. The molecule has 2 aliphatic rings. The van der Waals surface area contributed by atoms with Crippen molar-refractivity contribution in [2.45, 2.75) is 31.4 Å². The second kappa shape index (κ2) is 3.57. The first-order chi connectivity index (χ1) is 6.68. The number of rotatable bonds is 2. The highest BCUT2D eigenvalue weighted by molar-refractivity contribution is 6.31. The van der Waals surface area contributed by atoms with Crippen LogP contribution in [0.25, 0.3) is 0 Å². The molecule has 0 radical (unpaired) electrons. The van der Waals surface area contributed by atoms with Crippen molar-refractivity contribution in [2.24, 2.45) is 5.92 Å². The molecule has 1 amide bonds. The van der Waals surface area contributed by atoms with Gasteiger partial charge in [0.15, 0.2) is 0 Å². The molecule has 1 aliphatic heterocycles. The Bertz CT molecular complexity index is 262. The predicted octanol–water partition coefficient (Wildman–Crippen LogP) is -0.245. The van der Waals surface area contributed by atoms with Gasteiger partial charge in [-0.25, -0.2) is 4.79 Å². The molecule has 0 bridgehead atoms. The summed E-state index contributed by atoms with van der Waals surface area (Å²) in [6.07, 6.45) is 3.02. The Hall–Kier alpha value is -1.10. The molecule has 0 aromatic heterocycles. The Morgan fingerprint density at radius 3 is 2.57 bits per heavy atom. The number of amides is 1. The average Bonchev–Trinajstić information content (AvgIpc) is 2.88. The van der Waals surface area contributed by atoms with E-state index in [1.807, 2.05) is 0 Å². The van der Waals surface area contributed by atoms with Crippen LogP contribution in [-0.2, 0) is 14.3 Å². The van der Waals surface area contributed by atoms with Gasteiger partial charge in [0, 0.05) is 6.61 Å². The van der Waals surface area contributed by atoms with Gasteiger partial charge in [0.05, 0.1) is 12.1 Å². The van der Waals surface area contributed by atoms with E-state index < -0.39 is 11.9 Å². The first kappa shape index (κ1) is 9.45. The summed E-state index contributed by atoms with van der Waals surface area (Å²) in [6.45, 7) is 0.617. The molecule has 0 aromatic rings. The molecular weight excluding hydrogens is 186 g/mol. The summed E-state index contributed by atoms with van der Waals surface area (Å²) in [4.78, 5) is 21.2. The van der Waals surface area contributed by atoms with Gasteiger partial charge in [-0.3, -0.25) is 4.79 Å². The number of aliphatic carboxylic acids is 1. The molecule has 0 spiro atoms. The standard InChI is InChI=1S/C9H13NO4/c11-8(9(12)13)10-6-3-4-14-7(6)5-1-2-5/h5-7H,1-4H2,(H,10,11)(H,12,13). The van der Waals surface area contributed by atoms with Gasteiger partial charge < -0.3 is 15.2 Å². The Kier molecular flexibility index (Phi) is 2.41. The van der Waals surface area contributed by atoms with Crippen molar-refractivity contribution in [1.29, 1.82) is 0 Å². The van der Waals surface area contributed by atoms with Crippen molar-refractivity contribution in [3.8, 4) is 0 Å². The summed E-state index contributed by atoms with van der Waals surface area (Å²) in [7, 11) is 0. The van der Waals surface area contributed by atoms with Crippen LogP contribution in [0.3, 0.4) is 0 Å². The minimum Gasteiger partial charge on any atom is -0.474 e. The lowest BCUT2D eigenvalue weighted by Gasteiger charge is -2.17. The minimum atomic E-state index is -1.42. The van der Waals surface area contributed by atoms with Crippen molar-refractivity contribution in [3.63, 3.8) is 0 Å². The number of carbonyl (C=O) groups excluding carboxylic acids is 1. The third kappa shape index (κ3) is 1.87. The molecular formula is C9H13NO4. The van der Waals surface area contributed by atoms with Crippen LogP contribution in [0.1, 0.15) is 19.3 Å². The van der Waals surface area contributed by atoms with E-state index in [0.717, 1.165) is 19.3 Å². The van der Waals surface area contributed by atoms with E-state index in [1.54, 1.807) is 0 Å². The highest BCUT2D eigenvalue weighted by atomic mass is 16.5. The third-order valence-corrected chi connectivity index (χ3v) is 2.73. The van der Waals surface area contributed by atoms with Crippen LogP contribution in [0.15, 0.2) is 0 Å². The van der Waals surface area contributed by atoms with Crippen molar-refractivity contribution in [2.75, 3.05) is 6.61 Å². The maximum Gasteiger partial charge on any atom is 0.394 e. The van der Waals surface area contributed by atoms with Gasteiger partial charge in [-0.05, 0) is 25.2 Å². The van der Waals surface area contributed by atoms with Crippen LogP contribution in [0.2, 0.25) is 0 Å². The van der Waals surface area contributed by atoms with Crippen LogP contribution < -0.4 is 5.32 Å². The first-order valence-electron chi connectivity index (χ1n) is 4.84. The molecule has 5 heteroatoms. The van der Waals surface area contributed by atoms with Crippen molar-refractivity contribution in [3.05, 3.63) is 0 Å². The van der Waals surface area contributed by atoms with Gasteiger partial charge in [0.25, 0.3) is 0 Å². The van der Waals surface area contributed by atoms with Gasteiger partial charge in [0.1, 0.15) is 0 Å². The van der Waals surface area contributed by atoms with Gasteiger partial charge in [-0.15, -0.1) is 0 Å². The Morgan fingerprint density at radius 1 is 1.29 bits per heavy atom. The molecule has 14 heavy (non-hydrogen) atoms. The molecule has 2 rings (SSSR count). The smallest absolute Gasteiger partial charge is 0.394 e. The minimum absolute atomic E-state index is 0.0401. The number of carboxylic acids is 1. The first-order valence-corrected chi connectivity index (χ1v) is 4.84. The largest absolute Gasteiger partial charge is 0.474 e. The number of carbonyl (C=O) groups is 2. The molecule has 1 saturated carbocycles. The summed E-state index contributed by atoms with van der Waals surface area (Å²) in [5, 5.41) is 10.9. The molecule has 2 unspecified atom stereocenters. The maximum atomic E-state index is 10.9. The molecule has 5 nitrogen and oxygen atoms in total. The average molecular weight is 199 g/mol. The fourth-order valence-electron chi connectivity index (χ4n) is 1.89. The zero-order valence-electron chi connectivity index (χ0n) is 7.73. The molecule has 1 heterocycles. The van der Waals surface area contributed by atoms with E-state index in [9.17, 15) is 9.59 Å². The van der Waals surface area contributed by atoms with Gasteiger partial charge in [-0.2, -0.15) is 0 Å². The van der Waals surface area contributed by atoms with Gasteiger partial charge in [-0.1, -0.05) is 0 Å². The third-order valence-electron chi connectivity index (χ3n) is 2.73. The molecule has 2 N–H and O–H groups in total. The monoisotopic (exact) mass is 199 g/mol. The van der Waals surface area contributed by atoms with E-state index in [0.29, 0.717) is 12.5 Å². The van der Waals surface area contributed by atoms with Crippen molar-refractivity contribution < 1.29 is 19.4 Å². The second-order valence-electron chi connectivity index (χ2n) is 3.85. The fourth-order valence-corrected chi connectivity index (χ4v) is 1.89. The second-order valence-corrected chi connectivity index (χ2v) is 3.85. The van der Waals surface area contributed by atoms with Crippen LogP contribution in [0.5, 0.6) is 0 Å². The van der Waals surface area contributed by atoms with E-state index in [2.05, 4.69) is 5.32 Å². The van der Waals surface area contributed by atoms with Gasteiger partial charge >= 0.3 is 11.9 Å². The van der Waals surface area contributed by atoms with Crippen LogP contribution in [0, 0.1) is 5.92 Å². The van der Waals surface area contributed by atoms with E-state index in [-0.39, 0.29) is 12.1 Å². The molecule has 2 fully saturated rings. The SMILES string of the molecule is O=C(O)C(=O)NC1CCOC1C1CC1. The normalized spacial score (nSPS) is 31.4. The van der Waals surface area contributed by atoms with Crippen molar-refractivity contribution in [1.82, 2.24) is 5.32 Å². The zero-order chi connectivity index (χ0) is 10.1. The molecule has 1 saturated heterocycles. The topological polar surface area (TPSA) is 75.6 Å². The summed E-state index contributed by atoms with van der Waals surface area (Å²) < 4.78 is 5.46. The highest BCUT2D eigenvalue weighted by Crippen LogP contribution is 2.38. The lowest BCUT2D eigenvalue weighted by atomic mass is 10.1. The Labute approximate surface area is 81.4 Å². The van der Waals surface area contributed by atoms with E-state index >= 15 is 0 Å². The number of nitrogens with one attached hydrogen (secondary N) is 1. The summed E-state index contributed by atoms with van der Waals surface area (Å²) in [5.74, 6) is -1.82. The predicted molar refractivity (Wildman–Crippen MR) is 46.6 cm³/mol. The van der Waals surface area contributed by atoms with Crippen LogP contribution in [-0.4, -0.2) is 35.7 Å². The van der Waals surface area contributed by atoms with Crippen LogP contribution >= 0.6 is 0 Å². The Morgan fingerprint density at radius 2 is 2.00 bits per heavy atom. The van der Waals surface area contributed by atoms with E-state index in [4.69, 9.17) is 9.84 Å². The molecule has 78 valence electrons. The molecule has 2 atom stereocenters. The highest BCUT2D eigenvalue weighted by Gasteiger charge is 2.41. The summed E-state index contributed by atoms with van der Waals surface area (Å²) in [5.41, 5.74) is 0. The van der Waals surface area contributed by atoms with E-state index in [1.165, 1.54) is 0 Å². The van der Waals surface area contributed by atoms with Crippen molar-refractivity contribution >= 4 is 11.9 Å². The van der Waals surface area contributed by atoms with Gasteiger partial charge in [0.2, 0.25) is 0 Å². The fraction of sp³-hybridized carbons (Fsp3) is 0.778. The number of hydrogen-bond donors (Lipinski definition) is 2. The quantitative estimate of drug-likeness (QED) is 0.601. The zero-order valence-corrected chi connectivity index (χ0v) is 7.73. The Balaban J connectivity index is 1.89. The number of ether oxygens (including phenoxy) is 1. The number of hydrogen-bond acceptors (Lipinski definition) is 3. The summed E-state index contributed by atoms with van der Waals surface area (Å²) in [6, 6.07) is -0.105. The number of carboxylic acid groups (broad SMARTS) is 1. The van der Waals surface area contributed by atoms with Crippen LogP contribution in [0.4, 0.5) is 0 Å².